The monoisotopic (exact) mass is 356 g/mol. The predicted molar refractivity (Wildman–Crippen MR) is 108 cm³/mol. The molecular weight excluding hydrogens is 332 g/mol. The van der Waals surface area contributed by atoms with Crippen molar-refractivity contribution in [3.05, 3.63) is 54.9 Å². The number of para-hydroxylation sites is 1. The lowest BCUT2D eigenvalue weighted by atomic mass is 10.2. The van der Waals surface area contributed by atoms with Crippen LogP contribution in [-0.2, 0) is 0 Å². The van der Waals surface area contributed by atoms with Gasteiger partial charge >= 0.3 is 0 Å². The Balaban J connectivity index is 0.000000324. The number of ether oxygens (including phenoxy) is 1. The van der Waals surface area contributed by atoms with Gasteiger partial charge in [-0.25, -0.2) is 4.98 Å². The van der Waals surface area contributed by atoms with E-state index in [0.29, 0.717) is 11.9 Å². The number of nitrogens with one attached hydrogen (secondary N) is 1. The minimum Gasteiger partial charge on any atom is -0.479 e. The summed E-state index contributed by atoms with van der Waals surface area (Å²) in [5.41, 5.74) is 7.99. The predicted octanol–water partition coefficient (Wildman–Crippen LogP) is 4.04. The Morgan fingerprint density at radius 1 is 1.04 bits per heavy atom. The molecule has 132 valence electrons. The highest BCUT2D eigenvalue weighted by Gasteiger charge is 2.13. The van der Waals surface area contributed by atoms with Gasteiger partial charge in [-0.3, -0.25) is 4.98 Å². The number of fused-ring (bicyclic) bond motifs is 1. The number of methoxy groups -OCH3 is 1. The molecule has 1 aromatic carbocycles. The molecule has 1 saturated carbocycles. The molecule has 1 fully saturated rings. The Bertz CT molecular complexity index is 779. The fourth-order valence-corrected chi connectivity index (χ4v) is 2.08. The average Bonchev–Trinajstić information content (AvgIpc) is 3.47. The van der Waals surface area contributed by atoms with E-state index in [-0.39, 0.29) is 0 Å². The highest BCUT2D eigenvalue weighted by atomic mass is 32.1. The summed E-state index contributed by atoms with van der Waals surface area (Å²) in [5, 5.41) is 4.36. The zero-order valence-corrected chi connectivity index (χ0v) is 15.4. The largest absolute Gasteiger partial charge is 0.479 e. The molecule has 0 spiro atoms. The summed E-state index contributed by atoms with van der Waals surface area (Å²) in [5.74, 6) is 0.536. The van der Waals surface area contributed by atoms with Crippen LogP contribution in [0.3, 0.4) is 0 Å². The maximum atomic E-state index is 5.23. The molecular formula is C19H24N4OS. The van der Waals surface area contributed by atoms with Crippen LogP contribution in [0.25, 0.3) is 10.9 Å². The first-order valence-electron chi connectivity index (χ1n) is 8.08. The molecule has 3 aromatic rings. The number of aromatic nitrogens is 2. The Hall–Kier alpha value is -2.31. The topological polar surface area (TPSA) is 73.1 Å². The Kier molecular flexibility index (Phi) is 7.50. The molecule has 0 aliphatic heterocycles. The highest BCUT2D eigenvalue weighted by molar-refractivity contribution is 7.79. The lowest BCUT2D eigenvalue weighted by Gasteiger charge is -2.10. The van der Waals surface area contributed by atoms with E-state index in [4.69, 9.17) is 10.5 Å². The zero-order valence-electron chi connectivity index (χ0n) is 14.5. The van der Waals surface area contributed by atoms with Gasteiger partial charge in [0.15, 0.2) is 0 Å². The smallest absolute Gasteiger partial charge is 0.240 e. The van der Waals surface area contributed by atoms with Crippen molar-refractivity contribution in [2.45, 2.75) is 18.9 Å². The van der Waals surface area contributed by atoms with Crippen LogP contribution in [0.1, 0.15) is 12.8 Å². The highest BCUT2D eigenvalue weighted by Crippen LogP contribution is 2.28. The summed E-state index contributed by atoms with van der Waals surface area (Å²) < 4.78 is 5.23. The molecule has 0 atom stereocenters. The van der Waals surface area contributed by atoms with E-state index >= 15 is 0 Å². The summed E-state index contributed by atoms with van der Waals surface area (Å²) >= 11 is 3.53. The molecule has 0 amide bonds. The van der Waals surface area contributed by atoms with Crippen molar-refractivity contribution < 1.29 is 4.74 Å². The van der Waals surface area contributed by atoms with E-state index in [1.807, 2.05) is 42.5 Å². The zero-order chi connectivity index (χ0) is 18.1. The van der Waals surface area contributed by atoms with Crippen LogP contribution >= 0.6 is 12.6 Å². The molecule has 2 heterocycles. The van der Waals surface area contributed by atoms with Crippen LogP contribution in [0.5, 0.6) is 5.88 Å². The van der Waals surface area contributed by atoms with Crippen molar-refractivity contribution in [3.63, 3.8) is 0 Å². The van der Waals surface area contributed by atoms with Crippen molar-refractivity contribution in [1.82, 2.24) is 9.97 Å². The molecule has 0 unspecified atom stereocenters. The van der Waals surface area contributed by atoms with Gasteiger partial charge in [-0.05, 0) is 43.4 Å². The van der Waals surface area contributed by atoms with Gasteiger partial charge in [-0.2, -0.15) is 12.6 Å². The third-order valence-electron chi connectivity index (χ3n) is 3.49. The number of hydrogen-bond donors (Lipinski definition) is 3. The molecule has 0 saturated heterocycles. The molecule has 6 heteroatoms. The van der Waals surface area contributed by atoms with E-state index in [9.17, 15) is 0 Å². The second-order valence-electron chi connectivity index (χ2n) is 5.40. The molecule has 2 aromatic heterocycles. The Morgan fingerprint density at radius 3 is 2.28 bits per heavy atom. The van der Waals surface area contributed by atoms with Crippen LogP contribution < -0.4 is 15.8 Å². The van der Waals surface area contributed by atoms with Gasteiger partial charge < -0.3 is 15.8 Å². The fourth-order valence-electron chi connectivity index (χ4n) is 2.08. The lowest BCUT2D eigenvalue weighted by Crippen LogP contribution is -1.95. The van der Waals surface area contributed by atoms with Crippen LogP contribution in [-0.4, -0.2) is 29.4 Å². The number of pyridine rings is 2. The lowest BCUT2D eigenvalue weighted by molar-refractivity contribution is 0.402. The molecule has 1 aliphatic carbocycles. The number of benzene rings is 1. The van der Waals surface area contributed by atoms with Crippen molar-refractivity contribution in [3.8, 4) is 5.88 Å². The van der Waals surface area contributed by atoms with E-state index in [1.54, 1.807) is 25.8 Å². The number of anilines is 2. The summed E-state index contributed by atoms with van der Waals surface area (Å²) in [6.07, 6.45) is 7.69. The van der Waals surface area contributed by atoms with E-state index in [1.165, 1.54) is 12.8 Å². The normalized spacial score (nSPS) is 12.3. The number of nitrogens with zero attached hydrogens (tertiary/aromatic N) is 2. The molecule has 0 radical (unpaired) electrons. The van der Waals surface area contributed by atoms with Gasteiger partial charge in [0.1, 0.15) is 5.52 Å². The van der Waals surface area contributed by atoms with E-state index in [2.05, 4.69) is 27.9 Å². The first kappa shape index (κ1) is 19.0. The second kappa shape index (κ2) is 9.86. The fraction of sp³-hybridized carbons (Fsp3) is 0.263. The number of rotatable bonds is 3. The van der Waals surface area contributed by atoms with Gasteiger partial charge in [-0.1, -0.05) is 18.2 Å². The maximum absolute atomic E-state index is 5.23. The molecule has 25 heavy (non-hydrogen) atoms. The SMILES string of the molecule is COc1nccc2c(Nc3ccccc3)ccnc12.CS.NC1CC1. The summed E-state index contributed by atoms with van der Waals surface area (Å²) in [6, 6.07) is 14.5. The van der Waals surface area contributed by atoms with E-state index in [0.717, 1.165) is 22.3 Å². The minimum atomic E-state index is 0.536. The molecule has 3 N–H and O–H groups in total. The van der Waals surface area contributed by atoms with Crippen molar-refractivity contribution in [2.24, 2.45) is 5.73 Å². The maximum Gasteiger partial charge on any atom is 0.240 e. The van der Waals surface area contributed by atoms with Crippen molar-refractivity contribution in [2.75, 3.05) is 18.7 Å². The van der Waals surface area contributed by atoms with Gasteiger partial charge in [0.2, 0.25) is 5.88 Å². The van der Waals surface area contributed by atoms with Crippen LogP contribution in [0.2, 0.25) is 0 Å². The Morgan fingerprint density at radius 2 is 1.68 bits per heavy atom. The third kappa shape index (κ3) is 5.62. The standard InChI is InChI=1S/C15H13N3O.C3H7N.CH4S/c1-19-15-14-12(7-9-17-15)13(8-10-16-14)18-11-5-3-2-4-6-11;4-3-1-2-3;1-2/h2-10H,1H3,(H,16,18);3H,1-2,4H2;2H,1H3. The third-order valence-corrected chi connectivity index (χ3v) is 3.49. The van der Waals surface area contributed by atoms with Gasteiger partial charge in [0, 0.05) is 35.2 Å². The number of nitrogens with two attached hydrogens (primary N) is 1. The minimum absolute atomic E-state index is 0.536. The van der Waals surface area contributed by atoms with Gasteiger partial charge in [0.25, 0.3) is 0 Å². The average molecular weight is 356 g/mol. The van der Waals surface area contributed by atoms with Gasteiger partial charge in [0.05, 0.1) is 7.11 Å². The Labute approximate surface area is 154 Å². The first-order chi connectivity index (χ1) is 12.3. The molecule has 4 rings (SSSR count). The molecule has 0 bridgehead atoms. The summed E-state index contributed by atoms with van der Waals surface area (Å²) in [4.78, 5) is 8.49. The molecule has 1 aliphatic rings. The number of hydrogen-bond acceptors (Lipinski definition) is 6. The van der Waals surface area contributed by atoms with Crippen molar-refractivity contribution >= 4 is 34.9 Å². The van der Waals surface area contributed by atoms with Gasteiger partial charge in [-0.15, -0.1) is 0 Å². The molecule has 5 nitrogen and oxygen atoms in total. The second-order valence-corrected chi connectivity index (χ2v) is 5.40. The number of thiol groups is 1. The van der Waals surface area contributed by atoms with E-state index < -0.39 is 0 Å². The quantitative estimate of drug-likeness (QED) is 0.618. The summed E-state index contributed by atoms with van der Waals surface area (Å²) in [7, 11) is 1.60. The first-order valence-corrected chi connectivity index (χ1v) is 8.97. The van der Waals surface area contributed by atoms with Crippen LogP contribution in [0.4, 0.5) is 11.4 Å². The summed E-state index contributed by atoms with van der Waals surface area (Å²) in [6.45, 7) is 0. The van der Waals surface area contributed by atoms with Crippen LogP contribution in [0, 0.1) is 0 Å². The van der Waals surface area contributed by atoms with Crippen molar-refractivity contribution in [1.29, 1.82) is 0 Å². The van der Waals surface area contributed by atoms with Crippen LogP contribution in [0.15, 0.2) is 54.9 Å².